The zero-order valence-electron chi connectivity index (χ0n) is 8.37. The molecule has 76 valence electrons. The van der Waals surface area contributed by atoms with Crippen LogP contribution in [0, 0.1) is 0 Å². The Morgan fingerprint density at radius 3 is 2.64 bits per heavy atom. The second-order valence-corrected chi connectivity index (χ2v) is 3.94. The third-order valence-corrected chi connectivity index (χ3v) is 2.93. The number of piperidine rings is 1. The quantitative estimate of drug-likeness (QED) is 0.745. The summed E-state index contributed by atoms with van der Waals surface area (Å²) in [5.74, 6) is 0.663. The molecule has 0 spiro atoms. The first-order valence-electron chi connectivity index (χ1n) is 5.30. The summed E-state index contributed by atoms with van der Waals surface area (Å²) in [6, 6.07) is 8.32. The van der Waals surface area contributed by atoms with E-state index in [0.717, 1.165) is 18.7 Å². The Bertz CT molecular complexity index is 275. The monoisotopic (exact) mass is 191 g/mol. The Balaban J connectivity index is 2.07. The molecule has 1 saturated heterocycles. The summed E-state index contributed by atoms with van der Waals surface area (Å²) in [5.41, 5.74) is 2.40. The predicted octanol–water partition coefficient (Wildman–Crippen LogP) is 1.65. The van der Waals surface area contributed by atoms with Gasteiger partial charge in [0, 0.05) is 6.54 Å². The van der Waals surface area contributed by atoms with Crippen molar-refractivity contribution >= 4 is 0 Å². The summed E-state index contributed by atoms with van der Waals surface area (Å²) >= 11 is 0. The second kappa shape index (κ2) is 4.58. The second-order valence-electron chi connectivity index (χ2n) is 3.94. The van der Waals surface area contributed by atoms with E-state index in [4.69, 9.17) is 5.11 Å². The van der Waals surface area contributed by atoms with Crippen molar-refractivity contribution in [3.63, 3.8) is 0 Å². The van der Waals surface area contributed by atoms with Gasteiger partial charge in [-0.05, 0) is 36.4 Å². The molecule has 1 aliphatic rings. The molecule has 14 heavy (non-hydrogen) atoms. The fraction of sp³-hybridized carbons (Fsp3) is 0.500. The minimum absolute atomic E-state index is 0.142. The molecule has 0 bridgehead atoms. The third-order valence-electron chi connectivity index (χ3n) is 2.93. The lowest BCUT2D eigenvalue weighted by Gasteiger charge is -2.23. The fourth-order valence-corrected chi connectivity index (χ4v) is 2.03. The van der Waals surface area contributed by atoms with Crippen molar-refractivity contribution in [1.82, 2.24) is 5.32 Å². The van der Waals surface area contributed by atoms with Crippen LogP contribution >= 0.6 is 0 Å². The molecule has 0 amide bonds. The van der Waals surface area contributed by atoms with Crippen LogP contribution in [0.25, 0.3) is 0 Å². The fourth-order valence-electron chi connectivity index (χ4n) is 2.03. The van der Waals surface area contributed by atoms with Crippen molar-refractivity contribution in [3.05, 3.63) is 35.4 Å². The molecule has 1 atom stereocenters. The highest BCUT2D eigenvalue weighted by Crippen LogP contribution is 2.23. The first-order chi connectivity index (χ1) is 6.90. The van der Waals surface area contributed by atoms with E-state index in [0.29, 0.717) is 5.92 Å². The molecule has 1 aliphatic heterocycles. The van der Waals surface area contributed by atoms with Crippen LogP contribution in [-0.2, 0) is 6.61 Å². The number of aliphatic hydroxyl groups is 1. The molecule has 1 heterocycles. The Labute approximate surface area is 85.0 Å². The summed E-state index contributed by atoms with van der Waals surface area (Å²) in [7, 11) is 0. The zero-order chi connectivity index (χ0) is 9.80. The Morgan fingerprint density at radius 2 is 2.07 bits per heavy atom. The lowest BCUT2D eigenvalue weighted by molar-refractivity contribution is 0.282. The molecule has 1 aromatic rings. The van der Waals surface area contributed by atoms with Crippen LogP contribution in [0.2, 0.25) is 0 Å². The van der Waals surface area contributed by atoms with Gasteiger partial charge in [-0.15, -0.1) is 0 Å². The normalized spacial score (nSPS) is 22.2. The molecular formula is C12H17NO. The number of rotatable bonds is 2. The van der Waals surface area contributed by atoms with Crippen LogP contribution < -0.4 is 5.32 Å². The Kier molecular flexibility index (Phi) is 3.17. The standard InChI is InChI=1S/C12H17NO/c14-9-10-3-5-11(6-4-10)12-2-1-7-13-8-12/h3-6,12-14H,1-2,7-9H2/t12-/m0/s1. The van der Waals surface area contributed by atoms with Crippen LogP contribution in [0.15, 0.2) is 24.3 Å². The van der Waals surface area contributed by atoms with Gasteiger partial charge in [-0.3, -0.25) is 0 Å². The number of hydrogen-bond acceptors (Lipinski definition) is 2. The summed E-state index contributed by atoms with van der Waals surface area (Å²) in [6.07, 6.45) is 2.55. The van der Waals surface area contributed by atoms with Gasteiger partial charge in [0.05, 0.1) is 6.61 Å². The summed E-state index contributed by atoms with van der Waals surface area (Å²) in [4.78, 5) is 0. The Morgan fingerprint density at radius 1 is 1.29 bits per heavy atom. The van der Waals surface area contributed by atoms with Gasteiger partial charge in [0.15, 0.2) is 0 Å². The van der Waals surface area contributed by atoms with Crippen LogP contribution in [0.1, 0.15) is 29.9 Å². The maximum atomic E-state index is 8.93. The van der Waals surface area contributed by atoms with E-state index in [1.54, 1.807) is 0 Å². The number of nitrogens with one attached hydrogen (secondary N) is 1. The van der Waals surface area contributed by atoms with E-state index in [-0.39, 0.29) is 6.61 Å². The van der Waals surface area contributed by atoms with E-state index in [2.05, 4.69) is 17.4 Å². The smallest absolute Gasteiger partial charge is 0.0681 e. The molecule has 2 nitrogen and oxygen atoms in total. The molecule has 0 saturated carbocycles. The largest absolute Gasteiger partial charge is 0.392 e. The zero-order valence-corrected chi connectivity index (χ0v) is 8.37. The van der Waals surface area contributed by atoms with Crippen LogP contribution in [-0.4, -0.2) is 18.2 Å². The van der Waals surface area contributed by atoms with Gasteiger partial charge >= 0.3 is 0 Å². The summed E-state index contributed by atoms with van der Waals surface area (Å²) in [6.45, 7) is 2.40. The molecule has 2 N–H and O–H groups in total. The molecule has 1 fully saturated rings. The van der Waals surface area contributed by atoms with Gasteiger partial charge in [0.2, 0.25) is 0 Å². The highest BCUT2D eigenvalue weighted by atomic mass is 16.3. The average molecular weight is 191 g/mol. The van der Waals surface area contributed by atoms with Crippen molar-refractivity contribution in [2.75, 3.05) is 13.1 Å². The first kappa shape index (κ1) is 9.69. The van der Waals surface area contributed by atoms with E-state index in [9.17, 15) is 0 Å². The first-order valence-corrected chi connectivity index (χ1v) is 5.30. The molecule has 0 radical (unpaired) electrons. The van der Waals surface area contributed by atoms with E-state index >= 15 is 0 Å². The van der Waals surface area contributed by atoms with Crippen molar-refractivity contribution in [2.24, 2.45) is 0 Å². The molecular weight excluding hydrogens is 174 g/mol. The predicted molar refractivity (Wildman–Crippen MR) is 57.2 cm³/mol. The van der Waals surface area contributed by atoms with E-state index < -0.39 is 0 Å². The lowest BCUT2D eigenvalue weighted by Crippen LogP contribution is -2.28. The molecule has 0 unspecified atom stereocenters. The molecule has 1 aromatic carbocycles. The number of aliphatic hydroxyl groups excluding tert-OH is 1. The maximum Gasteiger partial charge on any atom is 0.0681 e. The molecule has 2 heteroatoms. The van der Waals surface area contributed by atoms with E-state index in [1.165, 1.54) is 18.4 Å². The van der Waals surface area contributed by atoms with Gasteiger partial charge in [-0.1, -0.05) is 24.3 Å². The SMILES string of the molecule is OCc1ccc([C@H]2CCCNC2)cc1. The van der Waals surface area contributed by atoms with Crippen molar-refractivity contribution in [2.45, 2.75) is 25.4 Å². The highest BCUT2D eigenvalue weighted by molar-refractivity contribution is 5.25. The van der Waals surface area contributed by atoms with Gasteiger partial charge < -0.3 is 10.4 Å². The van der Waals surface area contributed by atoms with Crippen LogP contribution in [0.3, 0.4) is 0 Å². The third kappa shape index (κ3) is 2.14. The average Bonchev–Trinajstić information content (AvgIpc) is 2.30. The number of benzene rings is 1. The van der Waals surface area contributed by atoms with Crippen LogP contribution in [0.4, 0.5) is 0 Å². The van der Waals surface area contributed by atoms with Crippen molar-refractivity contribution in [3.8, 4) is 0 Å². The minimum Gasteiger partial charge on any atom is -0.392 e. The maximum absolute atomic E-state index is 8.93. The Hall–Kier alpha value is -0.860. The van der Waals surface area contributed by atoms with Gasteiger partial charge in [0.25, 0.3) is 0 Å². The molecule has 0 aliphatic carbocycles. The van der Waals surface area contributed by atoms with E-state index in [1.807, 2.05) is 12.1 Å². The number of hydrogen-bond donors (Lipinski definition) is 2. The summed E-state index contributed by atoms with van der Waals surface area (Å²) < 4.78 is 0. The molecule has 2 rings (SSSR count). The van der Waals surface area contributed by atoms with Crippen molar-refractivity contribution in [1.29, 1.82) is 0 Å². The topological polar surface area (TPSA) is 32.3 Å². The highest BCUT2D eigenvalue weighted by Gasteiger charge is 2.14. The van der Waals surface area contributed by atoms with Gasteiger partial charge in [-0.2, -0.15) is 0 Å². The molecule has 0 aromatic heterocycles. The minimum atomic E-state index is 0.142. The van der Waals surface area contributed by atoms with Crippen LogP contribution in [0.5, 0.6) is 0 Å². The van der Waals surface area contributed by atoms with Gasteiger partial charge in [0.1, 0.15) is 0 Å². The van der Waals surface area contributed by atoms with Crippen molar-refractivity contribution < 1.29 is 5.11 Å². The summed E-state index contributed by atoms with van der Waals surface area (Å²) in [5, 5.41) is 12.3. The lowest BCUT2D eigenvalue weighted by atomic mass is 9.91. The van der Waals surface area contributed by atoms with Gasteiger partial charge in [-0.25, -0.2) is 0 Å².